The lowest BCUT2D eigenvalue weighted by Crippen LogP contribution is -2.47. The minimum absolute atomic E-state index is 0.106. The van der Waals surface area contributed by atoms with Gasteiger partial charge in [-0.25, -0.2) is 0 Å². The number of hydrogen-bond acceptors (Lipinski definition) is 6. The third-order valence-electron chi connectivity index (χ3n) is 5.41. The molecule has 1 N–H and O–H groups in total. The molecule has 0 spiro atoms. The van der Waals surface area contributed by atoms with Crippen molar-refractivity contribution in [3.8, 4) is 11.5 Å². The number of benzene rings is 2. The van der Waals surface area contributed by atoms with E-state index in [2.05, 4.69) is 0 Å². The Bertz CT molecular complexity index is 975. The fourth-order valence-electron chi connectivity index (χ4n) is 3.71. The first-order valence-electron chi connectivity index (χ1n) is 11.1. The van der Waals surface area contributed by atoms with Crippen molar-refractivity contribution in [2.24, 2.45) is 0 Å². The Labute approximate surface area is 193 Å². The summed E-state index contributed by atoms with van der Waals surface area (Å²) in [6.45, 7) is 0.737. The van der Waals surface area contributed by atoms with Crippen molar-refractivity contribution in [3.05, 3.63) is 54.1 Å². The number of nitrogens with zero attached hydrogens (tertiary/aromatic N) is 1. The number of rotatable bonds is 12. The van der Waals surface area contributed by atoms with Gasteiger partial charge in [0.05, 0.1) is 25.8 Å². The first-order valence-corrected chi connectivity index (χ1v) is 11.1. The van der Waals surface area contributed by atoms with Crippen LogP contribution < -0.4 is 14.4 Å². The number of carbonyl (C=O) groups is 3. The monoisotopic (exact) mass is 455 g/mol. The molecule has 1 unspecified atom stereocenters. The predicted octanol–water partition coefficient (Wildman–Crippen LogP) is 3.61. The summed E-state index contributed by atoms with van der Waals surface area (Å²) in [5.41, 5.74) is 1.44. The molecule has 1 atom stereocenters. The lowest BCUT2D eigenvalue weighted by Gasteiger charge is -2.34. The highest BCUT2D eigenvalue weighted by Crippen LogP contribution is 2.34. The third kappa shape index (κ3) is 6.71. The van der Waals surface area contributed by atoms with Crippen LogP contribution in [0.2, 0.25) is 0 Å². The van der Waals surface area contributed by atoms with Crippen LogP contribution in [-0.4, -0.2) is 49.3 Å². The van der Waals surface area contributed by atoms with Gasteiger partial charge in [-0.2, -0.15) is 0 Å². The van der Waals surface area contributed by atoms with Crippen molar-refractivity contribution < 1.29 is 33.7 Å². The zero-order chi connectivity index (χ0) is 23.6. The fraction of sp³-hybridized carbons (Fsp3) is 0.400. The molecule has 0 fully saturated rings. The van der Waals surface area contributed by atoms with Crippen molar-refractivity contribution in [1.82, 2.24) is 0 Å². The first kappa shape index (κ1) is 24.1. The van der Waals surface area contributed by atoms with Gasteiger partial charge in [-0.05, 0) is 31.0 Å². The Balaban J connectivity index is 1.60. The van der Waals surface area contributed by atoms with Gasteiger partial charge < -0.3 is 24.2 Å². The molecule has 8 heteroatoms. The zero-order valence-electron chi connectivity index (χ0n) is 18.7. The molecule has 0 saturated carbocycles. The molecule has 3 rings (SSSR count). The van der Waals surface area contributed by atoms with E-state index in [0.29, 0.717) is 42.9 Å². The van der Waals surface area contributed by atoms with Crippen LogP contribution in [0.25, 0.3) is 0 Å². The second-order valence-electron chi connectivity index (χ2n) is 7.77. The molecule has 1 amide bonds. The molecule has 2 aromatic carbocycles. The highest BCUT2D eigenvalue weighted by Gasteiger charge is 2.33. The minimum atomic E-state index is -0.809. The number of amides is 1. The fourth-order valence-corrected chi connectivity index (χ4v) is 3.71. The van der Waals surface area contributed by atoms with Crippen LogP contribution >= 0.6 is 0 Å². The molecule has 8 nitrogen and oxygen atoms in total. The Kier molecular flexibility index (Phi) is 8.69. The van der Waals surface area contributed by atoms with E-state index in [9.17, 15) is 14.4 Å². The molecule has 1 aliphatic heterocycles. The van der Waals surface area contributed by atoms with Crippen molar-refractivity contribution in [2.45, 2.75) is 44.6 Å². The lowest BCUT2D eigenvalue weighted by atomic mass is 10.1. The van der Waals surface area contributed by atoms with Crippen LogP contribution in [0.4, 0.5) is 5.69 Å². The molecule has 2 aromatic rings. The topological polar surface area (TPSA) is 102 Å². The lowest BCUT2D eigenvalue weighted by molar-refractivity contribution is -0.140. The summed E-state index contributed by atoms with van der Waals surface area (Å²) in [5, 5.41) is 8.79. The number of methoxy groups -OCH3 is 1. The van der Waals surface area contributed by atoms with Gasteiger partial charge in [0.25, 0.3) is 5.91 Å². The van der Waals surface area contributed by atoms with Crippen LogP contribution in [0.3, 0.4) is 0 Å². The SMILES string of the molecule is COC(=O)Cc1ccccc1OCCC1Oc2ccccc2N(CCCCCC(=O)O)C1=O. The number of carbonyl (C=O) groups excluding carboxylic acids is 2. The van der Waals surface area contributed by atoms with E-state index < -0.39 is 12.1 Å². The van der Waals surface area contributed by atoms with E-state index in [1.54, 1.807) is 17.0 Å². The molecule has 33 heavy (non-hydrogen) atoms. The van der Waals surface area contributed by atoms with Gasteiger partial charge in [0, 0.05) is 24.9 Å². The largest absolute Gasteiger partial charge is 0.493 e. The smallest absolute Gasteiger partial charge is 0.310 e. The molecule has 0 radical (unpaired) electrons. The number of hydrogen-bond donors (Lipinski definition) is 1. The van der Waals surface area contributed by atoms with Gasteiger partial charge in [-0.15, -0.1) is 0 Å². The summed E-state index contributed by atoms with van der Waals surface area (Å²) in [6.07, 6.45) is 1.90. The minimum Gasteiger partial charge on any atom is -0.493 e. The van der Waals surface area contributed by atoms with Crippen LogP contribution in [0, 0.1) is 0 Å². The van der Waals surface area contributed by atoms with Gasteiger partial charge >= 0.3 is 11.9 Å². The molecule has 176 valence electrons. The summed E-state index contributed by atoms with van der Waals surface area (Å²) in [7, 11) is 1.34. The maximum Gasteiger partial charge on any atom is 0.310 e. The van der Waals surface area contributed by atoms with E-state index >= 15 is 0 Å². The number of fused-ring (bicyclic) bond motifs is 1. The molecule has 1 heterocycles. The van der Waals surface area contributed by atoms with Crippen LogP contribution in [-0.2, 0) is 25.5 Å². The second kappa shape index (κ2) is 11.9. The number of carboxylic acids is 1. The van der Waals surface area contributed by atoms with Crippen molar-refractivity contribution in [3.63, 3.8) is 0 Å². The molecule has 0 aliphatic carbocycles. The Morgan fingerprint density at radius 2 is 1.82 bits per heavy atom. The Morgan fingerprint density at radius 1 is 1.06 bits per heavy atom. The highest BCUT2D eigenvalue weighted by atomic mass is 16.5. The predicted molar refractivity (Wildman–Crippen MR) is 122 cm³/mol. The normalized spacial score (nSPS) is 14.9. The standard InChI is InChI=1S/C25H29NO7/c1-31-24(29)17-18-9-4-6-11-20(18)32-16-14-22-25(30)26(15-8-2-3-13-23(27)28)19-10-5-7-12-21(19)33-22/h4-7,9-12,22H,2-3,8,13-17H2,1H3,(H,27,28). The van der Waals surface area contributed by atoms with E-state index in [4.69, 9.17) is 19.3 Å². The van der Waals surface area contributed by atoms with E-state index in [-0.39, 0.29) is 31.3 Å². The zero-order valence-corrected chi connectivity index (χ0v) is 18.7. The average Bonchev–Trinajstić information content (AvgIpc) is 2.81. The van der Waals surface area contributed by atoms with Gasteiger partial charge in [-0.3, -0.25) is 14.4 Å². The summed E-state index contributed by atoms with van der Waals surface area (Å²) in [5.74, 6) is -0.0950. The van der Waals surface area contributed by atoms with Gasteiger partial charge in [0.1, 0.15) is 11.5 Å². The molecule has 0 aromatic heterocycles. The van der Waals surface area contributed by atoms with Gasteiger partial charge in [0.15, 0.2) is 6.10 Å². The number of para-hydroxylation sites is 3. The Hall–Kier alpha value is -3.55. The third-order valence-corrected chi connectivity index (χ3v) is 5.41. The maximum atomic E-state index is 13.1. The number of esters is 1. The van der Waals surface area contributed by atoms with E-state index in [0.717, 1.165) is 12.1 Å². The second-order valence-corrected chi connectivity index (χ2v) is 7.77. The summed E-state index contributed by atoms with van der Waals surface area (Å²) < 4.78 is 16.6. The number of ether oxygens (including phenoxy) is 3. The summed E-state index contributed by atoms with van der Waals surface area (Å²) in [6, 6.07) is 14.6. The Morgan fingerprint density at radius 3 is 2.61 bits per heavy atom. The van der Waals surface area contributed by atoms with Crippen LogP contribution in [0.1, 0.15) is 37.7 Å². The summed E-state index contributed by atoms with van der Waals surface area (Å²) >= 11 is 0. The van der Waals surface area contributed by atoms with Crippen molar-refractivity contribution >= 4 is 23.5 Å². The number of aliphatic carboxylic acids is 1. The van der Waals surface area contributed by atoms with Gasteiger partial charge in [-0.1, -0.05) is 36.8 Å². The summed E-state index contributed by atoms with van der Waals surface area (Å²) in [4.78, 5) is 37.2. The first-order chi connectivity index (χ1) is 16.0. The average molecular weight is 456 g/mol. The highest BCUT2D eigenvalue weighted by molar-refractivity contribution is 6.00. The number of anilines is 1. The quantitative estimate of drug-likeness (QED) is 0.385. The maximum absolute atomic E-state index is 13.1. The van der Waals surface area contributed by atoms with Crippen molar-refractivity contribution in [1.29, 1.82) is 0 Å². The number of unbranched alkanes of at least 4 members (excludes halogenated alkanes) is 2. The molecule has 0 bridgehead atoms. The molecule has 0 saturated heterocycles. The van der Waals surface area contributed by atoms with E-state index in [1.807, 2.05) is 36.4 Å². The van der Waals surface area contributed by atoms with E-state index in [1.165, 1.54) is 7.11 Å². The molecular formula is C25H29NO7. The van der Waals surface area contributed by atoms with Crippen molar-refractivity contribution in [2.75, 3.05) is 25.2 Å². The number of carboxylic acid groups (broad SMARTS) is 1. The van der Waals surface area contributed by atoms with Crippen LogP contribution in [0.15, 0.2) is 48.5 Å². The van der Waals surface area contributed by atoms with Gasteiger partial charge in [0.2, 0.25) is 0 Å². The molecule has 1 aliphatic rings. The van der Waals surface area contributed by atoms with Crippen LogP contribution in [0.5, 0.6) is 11.5 Å². The molecular weight excluding hydrogens is 426 g/mol.